The van der Waals surface area contributed by atoms with Crippen LogP contribution in [0, 0.1) is 11.3 Å². The fourth-order valence-corrected chi connectivity index (χ4v) is 1.71. The molecule has 0 aromatic heterocycles. The lowest BCUT2D eigenvalue weighted by Crippen LogP contribution is -2.09. The molecular formula is C9H3BrF3NO2. The highest BCUT2D eigenvalue weighted by atomic mass is 79.9. The van der Waals surface area contributed by atoms with Gasteiger partial charge in [0.1, 0.15) is 6.07 Å². The fraction of sp³-hybridized carbons (Fsp3) is 0.111. The highest BCUT2D eigenvalue weighted by Crippen LogP contribution is 2.33. The molecule has 84 valence electrons. The van der Waals surface area contributed by atoms with Gasteiger partial charge >= 0.3 is 12.1 Å². The quantitative estimate of drug-likeness (QED) is 0.866. The lowest BCUT2D eigenvalue weighted by molar-refractivity contribution is -0.137. The van der Waals surface area contributed by atoms with Crippen LogP contribution in [0.2, 0.25) is 0 Å². The number of rotatable bonds is 1. The average molecular weight is 294 g/mol. The van der Waals surface area contributed by atoms with Crippen LogP contribution in [-0.4, -0.2) is 11.1 Å². The van der Waals surface area contributed by atoms with Crippen molar-refractivity contribution in [2.45, 2.75) is 6.18 Å². The van der Waals surface area contributed by atoms with Crippen LogP contribution >= 0.6 is 15.9 Å². The third kappa shape index (κ3) is 2.33. The minimum absolute atomic E-state index is 0.272. The first kappa shape index (κ1) is 12.5. The molecule has 0 heterocycles. The Morgan fingerprint density at radius 3 is 2.38 bits per heavy atom. The maximum Gasteiger partial charge on any atom is 0.416 e. The number of hydrogen-bond donors (Lipinski definition) is 1. The first-order valence-corrected chi connectivity index (χ1v) is 4.60. The van der Waals surface area contributed by atoms with E-state index in [4.69, 9.17) is 10.4 Å². The number of nitrogens with zero attached hydrogens (tertiary/aromatic N) is 1. The summed E-state index contributed by atoms with van der Waals surface area (Å²) in [7, 11) is 0. The van der Waals surface area contributed by atoms with Crippen molar-refractivity contribution in [3.05, 3.63) is 33.3 Å². The van der Waals surface area contributed by atoms with Crippen molar-refractivity contribution in [1.29, 1.82) is 5.26 Å². The van der Waals surface area contributed by atoms with Gasteiger partial charge in [-0.3, -0.25) is 0 Å². The summed E-state index contributed by atoms with van der Waals surface area (Å²) in [6.45, 7) is 0. The monoisotopic (exact) mass is 293 g/mol. The molecule has 7 heteroatoms. The van der Waals surface area contributed by atoms with Crippen LogP contribution in [0.1, 0.15) is 21.5 Å². The Labute approximate surface area is 96.2 Å². The van der Waals surface area contributed by atoms with Crippen molar-refractivity contribution < 1.29 is 23.1 Å². The minimum atomic E-state index is -4.62. The van der Waals surface area contributed by atoms with Crippen LogP contribution in [0.25, 0.3) is 0 Å². The zero-order valence-corrected chi connectivity index (χ0v) is 9.06. The standard InChI is InChI=1S/C9H3BrF3NO2/c10-6-2-5(9(11,12)13)1-4(3-14)7(6)8(15)16/h1-2H,(H,15,16). The topological polar surface area (TPSA) is 61.1 Å². The number of carbonyl (C=O) groups is 1. The summed E-state index contributed by atoms with van der Waals surface area (Å²) < 4.78 is 36.7. The number of alkyl halides is 3. The molecular weight excluding hydrogens is 291 g/mol. The van der Waals surface area contributed by atoms with Gasteiger partial charge in [-0.2, -0.15) is 18.4 Å². The molecule has 1 aromatic rings. The number of aromatic carboxylic acids is 1. The second kappa shape index (κ2) is 4.14. The van der Waals surface area contributed by atoms with E-state index < -0.39 is 28.8 Å². The normalized spacial score (nSPS) is 10.9. The van der Waals surface area contributed by atoms with E-state index in [0.29, 0.717) is 12.1 Å². The minimum Gasteiger partial charge on any atom is -0.478 e. The second-order valence-corrected chi connectivity index (χ2v) is 3.65. The molecule has 0 atom stereocenters. The summed E-state index contributed by atoms with van der Waals surface area (Å²) in [5.41, 5.74) is -2.08. The Morgan fingerprint density at radius 2 is 2.00 bits per heavy atom. The molecule has 0 amide bonds. The van der Waals surface area contributed by atoms with Gasteiger partial charge in [-0.1, -0.05) is 0 Å². The van der Waals surface area contributed by atoms with Crippen molar-refractivity contribution in [2.24, 2.45) is 0 Å². The summed E-state index contributed by atoms with van der Waals surface area (Å²) in [5.74, 6) is -1.46. The van der Waals surface area contributed by atoms with Crippen LogP contribution in [0.4, 0.5) is 13.2 Å². The fourth-order valence-electron chi connectivity index (χ4n) is 1.08. The predicted octanol–water partition coefficient (Wildman–Crippen LogP) is 3.04. The number of halogens is 4. The lowest BCUT2D eigenvalue weighted by Gasteiger charge is -2.09. The molecule has 0 fully saturated rings. The van der Waals surface area contributed by atoms with E-state index in [9.17, 15) is 18.0 Å². The van der Waals surface area contributed by atoms with Gasteiger partial charge in [0.05, 0.1) is 16.7 Å². The SMILES string of the molecule is N#Cc1cc(C(F)(F)F)cc(Br)c1C(=O)O. The molecule has 1 aromatic carbocycles. The summed E-state index contributed by atoms with van der Waals surface area (Å²) in [6, 6.07) is 2.56. The summed E-state index contributed by atoms with van der Waals surface area (Å²) in [5, 5.41) is 17.3. The number of nitriles is 1. The highest BCUT2D eigenvalue weighted by molar-refractivity contribution is 9.10. The Morgan fingerprint density at radius 1 is 1.44 bits per heavy atom. The van der Waals surface area contributed by atoms with Gasteiger partial charge in [0.2, 0.25) is 0 Å². The van der Waals surface area contributed by atoms with E-state index in [1.54, 1.807) is 0 Å². The highest BCUT2D eigenvalue weighted by Gasteiger charge is 2.32. The predicted molar refractivity (Wildman–Crippen MR) is 50.8 cm³/mol. The lowest BCUT2D eigenvalue weighted by atomic mass is 10.0. The van der Waals surface area contributed by atoms with Gasteiger partial charge in [0, 0.05) is 4.47 Å². The molecule has 0 spiro atoms. The Balaban J connectivity index is 3.52. The van der Waals surface area contributed by atoms with E-state index in [0.717, 1.165) is 0 Å². The van der Waals surface area contributed by atoms with Crippen LogP contribution in [0.15, 0.2) is 16.6 Å². The van der Waals surface area contributed by atoms with Crippen molar-refractivity contribution in [3.63, 3.8) is 0 Å². The van der Waals surface area contributed by atoms with E-state index >= 15 is 0 Å². The van der Waals surface area contributed by atoms with E-state index in [1.165, 1.54) is 6.07 Å². The first-order chi connectivity index (χ1) is 7.27. The second-order valence-electron chi connectivity index (χ2n) is 2.80. The van der Waals surface area contributed by atoms with Gasteiger partial charge in [0.25, 0.3) is 0 Å². The number of carboxylic acid groups (broad SMARTS) is 1. The third-order valence-corrected chi connectivity index (χ3v) is 2.38. The molecule has 16 heavy (non-hydrogen) atoms. The molecule has 0 radical (unpaired) electrons. The maximum atomic E-state index is 12.3. The molecule has 0 aliphatic rings. The zero-order chi connectivity index (χ0) is 12.5. The van der Waals surface area contributed by atoms with Crippen LogP contribution in [0.5, 0.6) is 0 Å². The van der Waals surface area contributed by atoms with E-state index in [-0.39, 0.29) is 4.47 Å². The zero-order valence-electron chi connectivity index (χ0n) is 7.47. The Hall–Kier alpha value is -1.55. The number of carboxylic acids is 1. The van der Waals surface area contributed by atoms with Gasteiger partial charge in [-0.05, 0) is 28.1 Å². The average Bonchev–Trinajstić information content (AvgIpc) is 2.14. The van der Waals surface area contributed by atoms with E-state index in [1.807, 2.05) is 0 Å². The molecule has 0 unspecified atom stereocenters. The Kier molecular flexibility index (Phi) is 3.24. The maximum absolute atomic E-state index is 12.3. The number of benzene rings is 1. The van der Waals surface area contributed by atoms with Gasteiger partial charge in [0.15, 0.2) is 0 Å². The molecule has 0 bridgehead atoms. The molecule has 1 N–H and O–H groups in total. The molecule has 1 rings (SSSR count). The molecule has 0 aliphatic carbocycles. The van der Waals surface area contributed by atoms with Gasteiger partial charge < -0.3 is 5.11 Å². The number of hydrogen-bond acceptors (Lipinski definition) is 2. The van der Waals surface area contributed by atoms with Crippen LogP contribution < -0.4 is 0 Å². The molecule has 0 saturated heterocycles. The van der Waals surface area contributed by atoms with Crippen molar-refractivity contribution in [1.82, 2.24) is 0 Å². The van der Waals surface area contributed by atoms with Crippen molar-refractivity contribution in [2.75, 3.05) is 0 Å². The van der Waals surface area contributed by atoms with Crippen molar-refractivity contribution in [3.8, 4) is 6.07 Å². The van der Waals surface area contributed by atoms with Crippen molar-refractivity contribution >= 4 is 21.9 Å². The van der Waals surface area contributed by atoms with Crippen LogP contribution in [0.3, 0.4) is 0 Å². The molecule has 0 saturated carbocycles. The Bertz CT molecular complexity index is 491. The third-order valence-electron chi connectivity index (χ3n) is 1.75. The molecule has 0 aliphatic heterocycles. The largest absolute Gasteiger partial charge is 0.478 e. The van der Waals surface area contributed by atoms with E-state index in [2.05, 4.69) is 15.9 Å². The van der Waals surface area contributed by atoms with Gasteiger partial charge in [-0.25, -0.2) is 4.79 Å². The smallest absolute Gasteiger partial charge is 0.416 e. The first-order valence-electron chi connectivity index (χ1n) is 3.81. The summed E-state index contributed by atoms with van der Waals surface area (Å²) >= 11 is 2.70. The molecule has 3 nitrogen and oxygen atoms in total. The summed E-state index contributed by atoms with van der Waals surface area (Å²) in [6.07, 6.45) is -4.62. The van der Waals surface area contributed by atoms with Gasteiger partial charge in [-0.15, -0.1) is 0 Å². The van der Waals surface area contributed by atoms with Crippen LogP contribution in [-0.2, 0) is 6.18 Å². The summed E-state index contributed by atoms with van der Waals surface area (Å²) in [4.78, 5) is 10.7.